The van der Waals surface area contributed by atoms with Crippen molar-refractivity contribution in [2.45, 2.75) is 38.6 Å². The lowest BCUT2D eigenvalue weighted by atomic mass is 9.69. The Morgan fingerprint density at radius 1 is 1.35 bits per heavy atom. The summed E-state index contributed by atoms with van der Waals surface area (Å²) in [6.07, 6.45) is 6.73. The van der Waals surface area contributed by atoms with Crippen molar-refractivity contribution in [2.75, 3.05) is 13.1 Å². The molecular weight excluding hydrogens is 357 g/mol. The Bertz CT molecular complexity index is 907. The molecule has 2 heterocycles. The molecule has 138 valence electrons. The third-order valence-electron chi connectivity index (χ3n) is 6.17. The number of hydrogen-bond donors (Lipinski definition) is 0. The molecule has 1 saturated heterocycles. The number of benzene rings is 1. The highest BCUT2D eigenvalue weighted by atomic mass is 35.5. The van der Waals surface area contributed by atoms with Gasteiger partial charge in [-0.15, -0.1) is 0 Å². The molecular formula is C19H21ClFN3O2. The molecule has 1 aliphatic heterocycles. The molecule has 4 rings (SSSR count). The van der Waals surface area contributed by atoms with E-state index in [0.29, 0.717) is 30.5 Å². The normalized spacial score (nSPS) is 22.2. The van der Waals surface area contributed by atoms with Gasteiger partial charge in [0, 0.05) is 19.6 Å². The van der Waals surface area contributed by atoms with Crippen LogP contribution in [0.2, 0.25) is 0 Å². The maximum atomic E-state index is 13.5. The number of carbonyl (C=O) groups excluding carboxylic acids is 1. The van der Waals surface area contributed by atoms with Gasteiger partial charge in [-0.1, -0.05) is 12.8 Å². The topological polar surface area (TPSA) is 55.2 Å². The number of aromatic nitrogens is 2. The van der Waals surface area contributed by atoms with E-state index in [9.17, 15) is 14.0 Å². The summed E-state index contributed by atoms with van der Waals surface area (Å²) >= 11 is 5.72. The van der Waals surface area contributed by atoms with Gasteiger partial charge in [-0.3, -0.25) is 14.2 Å². The van der Waals surface area contributed by atoms with Crippen LogP contribution in [-0.4, -0.2) is 32.9 Å². The highest BCUT2D eigenvalue weighted by Crippen LogP contribution is 2.49. The summed E-state index contributed by atoms with van der Waals surface area (Å²) in [7, 11) is 0. The molecule has 2 aliphatic rings. The second-order valence-electron chi connectivity index (χ2n) is 7.59. The van der Waals surface area contributed by atoms with E-state index in [2.05, 4.69) is 4.98 Å². The van der Waals surface area contributed by atoms with Gasteiger partial charge in [-0.2, -0.15) is 0 Å². The van der Waals surface area contributed by atoms with Gasteiger partial charge in [-0.25, -0.2) is 9.37 Å². The van der Waals surface area contributed by atoms with Crippen LogP contribution in [0.4, 0.5) is 9.18 Å². The van der Waals surface area contributed by atoms with E-state index >= 15 is 0 Å². The van der Waals surface area contributed by atoms with Gasteiger partial charge in [0.2, 0.25) is 0 Å². The molecule has 5 nitrogen and oxygen atoms in total. The zero-order valence-electron chi connectivity index (χ0n) is 14.5. The van der Waals surface area contributed by atoms with E-state index in [1.54, 1.807) is 15.8 Å². The van der Waals surface area contributed by atoms with Gasteiger partial charge in [0.05, 0.1) is 17.2 Å². The predicted octanol–water partition coefficient (Wildman–Crippen LogP) is 3.78. The van der Waals surface area contributed by atoms with E-state index in [1.807, 2.05) is 0 Å². The number of nitrogens with zero attached hydrogens (tertiary/aromatic N) is 3. The van der Waals surface area contributed by atoms with Crippen LogP contribution in [0.1, 0.15) is 32.1 Å². The zero-order valence-corrected chi connectivity index (χ0v) is 15.2. The van der Waals surface area contributed by atoms with Crippen molar-refractivity contribution in [3.8, 4) is 0 Å². The third kappa shape index (κ3) is 3.00. The van der Waals surface area contributed by atoms with Crippen molar-refractivity contribution < 1.29 is 9.18 Å². The van der Waals surface area contributed by atoms with Crippen LogP contribution < -0.4 is 5.56 Å². The molecule has 1 aromatic carbocycles. The van der Waals surface area contributed by atoms with Crippen molar-refractivity contribution in [3.63, 3.8) is 0 Å². The zero-order chi connectivity index (χ0) is 18.3. The molecule has 1 atom stereocenters. The predicted molar refractivity (Wildman–Crippen MR) is 97.8 cm³/mol. The minimum Gasteiger partial charge on any atom is -0.329 e. The summed E-state index contributed by atoms with van der Waals surface area (Å²) < 4.78 is 15.1. The minimum absolute atomic E-state index is 0.0130. The highest BCUT2D eigenvalue weighted by molar-refractivity contribution is 6.62. The minimum atomic E-state index is -0.435. The number of hydrogen-bond acceptors (Lipinski definition) is 3. The summed E-state index contributed by atoms with van der Waals surface area (Å²) in [4.78, 5) is 30.5. The molecule has 1 amide bonds. The van der Waals surface area contributed by atoms with E-state index in [1.165, 1.54) is 18.2 Å². The Hall–Kier alpha value is -1.95. The van der Waals surface area contributed by atoms with Crippen LogP contribution in [0.5, 0.6) is 0 Å². The van der Waals surface area contributed by atoms with Crippen molar-refractivity contribution in [1.82, 2.24) is 14.5 Å². The average molecular weight is 378 g/mol. The van der Waals surface area contributed by atoms with Gasteiger partial charge in [0.15, 0.2) is 0 Å². The average Bonchev–Trinajstić information content (AvgIpc) is 3.08. The number of likely N-dealkylation sites (tertiary alicyclic amines) is 1. The van der Waals surface area contributed by atoms with Crippen LogP contribution in [-0.2, 0) is 6.54 Å². The van der Waals surface area contributed by atoms with Gasteiger partial charge in [0.1, 0.15) is 5.82 Å². The highest BCUT2D eigenvalue weighted by Gasteiger charge is 2.46. The van der Waals surface area contributed by atoms with Gasteiger partial charge in [-0.05, 0) is 60.4 Å². The maximum Gasteiger partial charge on any atom is 0.316 e. The van der Waals surface area contributed by atoms with E-state index in [0.717, 1.165) is 32.1 Å². The van der Waals surface area contributed by atoms with Gasteiger partial charge < -0.3 is 4.90 Å². The molecule has 1 aromatic heterocycles. The van der Waals surface area contributed by atoms with E-state index in [4.69, 9.17) is 11.6 Å². The molecule has 2 fully saturated rings. The van der Waals surface area contributed by atoms with E-state index < -0.39 is 11.2 Å². The molecule has 0 unspecified atom stereocenters. The Morgan fingerprint density at radius 3 is 2.85 bits per heavy atom. The molecule has 1 spiro atoms. The first-order chi connectivity index (χ1) is 12.5. The molecule has 26 heavy (non-hydrogen) atoms. The lowest BCUT2D eigenvalue weighted by Gasteiger charge is -2.46. The molecule has 1 aliphatic carbocycles. The quantitative estimate of drug-likeness (QED) is 0.591. The number of amides is 1. The Balaban J connectivity index is 1.66. The summed E-state index contributed by atoms with van der Waals surface area (Å²) in [6.45, 7) is 1.81. The summed E-state index contributed by atoms with van der Waals surface area (Å²) in [5.41, 5.74) is 0.309. The first-order valence-corrected chi connectivity index (χ1v) is 9.45. The third-order valence-corrected chi connectivity index (χ3v) is 6.41. The van der Waals surface area contributed by atoms with Crippen LogP contribution in [0.25, 0.3) is 10.9 Å². The fourth-order valence-corrected chi connectivity index (χ4v) is 4.93. The number of carbonyl (C=O) groups is 1. The number of rotatable bonds is 2. The Morgan fingerprint density at radius 2 is 2.12 bits per heavy atom. The standard InChI is InChI=1S/C19H21ClFN3O2/c20-18(26)23-8-5-13(19(11-23)6-1-2-7-19)10-24-12-22-16-4-3-14(21)9-15(16)17(24)25/h3-4,9,12-13H,1-2,5-8,10-11H2/t13-/m0/s1. The summed E-state index contributed by atoms with van der Waals surface area (Å²) in [5.74, 6) is -0.155. The second kappa shape index (κ2) is 6.65. The van der Waals surface area contributed by atoms with Crippen LogP contribution >= 0.6 is 11.6 Å². The largest absolute Gasteiger partial charge is 0.329 e. The Kier molecular flexibility index (Phi) is 4.47. The van der Waals surface area contributed by atoms with Crippen LogP contribution in [0.15, 0.2) is 29.3 Å². The van der Waals surface area contributed by atoms with E-state index in [-0.39, 0.29) is 16.9 Å². The van der Waals surface area contributed by atoms with Crippen molar-refractivity contribution in [2.24, 2.45) is 11.3 Å². The Labute approximate surface area is 155 Å². The molecule has 0 N–H and O–H groups in total. The van der Waals surface area contributed by atoms with Crippen molar-refractivity contribution in [1.29, 1.82) is 0 Å². The summed E-state index contributed by atoms with van der Waals surface area (Å²) in [6, 6.07) is 4.09. The number of piperidine rings is 1. The SMILES string of the molecule is O=C(Cl)N1CC[C@@H](Cn2cnc3ccc(F)cc3c2=O)C2(CCCC2)C1. The fraction of sp³-hybridized carbons (Fsp3) is 0.526. The lowest BCUT2D eigenvalue weighted by molar-refractivity contribution is 0.0449. The second-order valence-corrected chi connectivity index (χ2v) is 7.92. The number of fused-ring (bicyclic) bond motifs is 1. The fourth-order valence-electron chi connectivity index (χ4n) is 4.79. The first-order valence-electron chi connectivity index (χ1n) is 9.08. The van der Waals surface area contributed by atoms with Crippen LogP contribution in [0.3, 0.4) is 0 Å². The molecule has 7 heteroatoms. The monoisotopic (exact) mass is 377 g/mol. The van der Waals surface area contributed by atoms with Crippen LogP contribution in [0, 0.1) is 17.2 Å². The first kappa shape index (κ1) is 17.5. The maximum absolute atomic E-state index is 13.5. The lowest BCUT2D eigenvalue weighted by Crippen LogP contribution is -2.50. The molecule has 1 saturated carbocycles. The van der Waals surface area contributed by atoms with Crippen molar-refractivity contribution in [3.05, 3.63) is 40.7 Å². The smallest absolute Gasteiger partial charge is 0.316 e. The molecule has 2 aromatic rings. The van der Waals surface area contributed by atoms with Crippen molar-refractivity contribution >= 4 is 27.9 Å². The van der Waals surface area contributed by atoms with Gasteiger partial charge in [0.25, 0.3) is 5.56 Å². The molecule has 0 radical (unpaired) electrons. The molecule has 0 bridgehead atoms. The van der Waals surface area contributed by atoms with Gasteiger partial charge >= 0.3 is 5.37 Å². The summed E-state index contributed by atoms with van der Waals surface area (Å²) in [5, 5.41) is -0.0870. The number of halogens is 2.